The fourth-order valence-electron chi connectivity index (χ4n) is 2.08. The number of alkyl halides is 3. The van der Waals surface area contributed by atoms with Gasteiger partial charge in [-0.25, -0.2) is 4.98 Å². The quantitative estimate of drug-likeness (QED) is 0.796. The van der Waals surface area contributed by atoms with Crippen LogP contribution in [0.3, 0.4) is 0 Å². The predicted octanol–water partition coefficient (Wildman–Crippen LogP) is 3.54. The first-order valence-electron chi connectivity index (χ1n) is 6.12. The summed E-state index contributed by atoms with van der Waals surface area (Å²) >= 11 is 5.91. The van der Waals surface area contributed by atoms with Gasteiger partial charge in [-0.1, -0.05) is 17.7 Å². The molecule has 0 aromatic carbocycles. The van der Waals surface area contributed by atoms with Crippen molar-refractivity contribution in [2.45, 2.75) is 18.7 Å². The van der Waals surface area contributed by atoms with Crippen LogP contribution < -0.4 is 4.90 Å². The van der Waals surface area contributed by atoms with Crippen LogP contribution in [0.4, 0.5) is 19.0 Å². The maximum absolute atomic E-state index is 12.5. The molecule has 110 valence electrons. The Morgan fingerprint density at radius 1 is 1.55 bits per heavy atom. The molecule has 0 saturated carbocycles. The van der Waals surface area contributed by atoms with E-state index in [0.717, 1.165) is 18.7 Å². The van der Waals surface area contributed by atoms with Gasteiger partial charge in [0.1, 0.15) is 5.82 Å². The van der Waals surface area contributed by atoms with E-state index in [0.29, 0.717) is 25.5 Å². The van der Waals surface area contributed by atoms with Crippen molar-refractivity contribution in [3.05, 3.63) is 35.5 Å². The molecule has 1 aliphatic heterocycles. The minimum absolute atomic E-state index is 0.00388. The number of hydrogen-bond acceptors (Lipinski definition) is 3. The summed E-state index contributed by atoms with van der Waals surface area (Å²) in [5.41, 5.74) is -0.843. The molecule has 0 aliphatic carbocycles. The van der Waals surface area contributed by atoms with Gasteiger partial charge in [0.05, 0.1) is 23.3 Å². The lowest BCUT2D eigenvalue weighted by Gasteiger charge is -2.19. The smallest absolute Gasteiger partial charge is 0.372 e. The summed E-state index contributed by atoms with van der Waals surface area (Å²) in [6.45, 7) is 5.23. The highest BCUT2D eigenvalue weighted by Gasteiger charge is 2.33. The first-order valence-corrected chi connectivity index (χ1v) is 6.50. The summed E-state index contributed by atoms with van der Waals surface area (Å²) in [6.07, 6.45) is -1.17. The standard InChI is InChI=1S/C13H14ClF3N2O/c1-2-5-20-10-3-4-19(8-10)12-11(14)6-9(7-18-12)13(15,16)17/h2,6-7,10H,1,3-5,8H2. The molecule has 1 aromatic heterocycles. The fourth-order valence-corrected chi connectivity index (χ4v) is 2.37. The van der Waals surface area contributed by atoms with Gasteiger partial charge < -0.3 is 9.64 Å². The van der Waals surface area contributed by atoms with E-state index in [1.807, 2.05) is 4.90 Å². The second-order valence-corrected chi connectivity index (χ2v) is 4.91. The SMILES string of the molecule is C=CCOC1CCN(c2ncc(C(F)(F)F)cc2Cl)C1. The third-order valence-electron chi connectivity index (χ3n) is 3.04. The molecule has 0 bridgehead atoms. The number of rotatable bonds is 4. The molecule has 1 aliphatic rings. The molecule has 0 N–H and O–H groups in total. The van der Waals surface area contributed by atoms with E-state index in [1.54, 1.807) is 6.08 Å². The largest absolute Gasteiger partial charge is 0.417 e. The average molecular weight is 307 g/mol. The highest BCUT2D eigenvalue weighted by Crippen LogP contribution is 2.34. The van der Waals surface area contributed by atoms with Crippen molar-refractivity contribution in [1.82, 2.24) is 4.98 Å². The highest BCUT2D eigenvalue weighted by molar-refractivity contribution is 6.33. The Balaban J connectivity index is 2.09. The lowest BCUT2D eigenvalue weighted by molar-refractivity contribution is -0.137. The molecule has 0 radical (unpaired) electrons. The molecule has 2 rings (SSSR count). The first-order chi connectivity index (χ1) is 9.41. The molecule has 1 atom stereocenters. The van der Waals surface area contributed by atoms with Gasteiger partial charge in [0.2, 0.25) is 0 Å². The zero-order valence-corrected chi connectivity index (χ0v) is 11.4. The highest BCUT2D eigenvalue weighted by atomic mass is 35.5. The number of anilines is 1. The van der Waals surface area contributed by atoms with Crippen LogP contribution in [0.1, 0.15) is 12.0 Å². The van der Waals surface area contributed by atoms with Gasteiger partial charge in [-0.3, -0.25) is 0 Å². The van der Waals surface area contributed by atoms with Crippen LogP contribution in [0.15, 0.2) is 24.9 Å². The van der Waals surface area contributed by atoms with Gasteiger partial charge in [-0.15, -0.1) is 6.58 Å². The summed E-state index contributed by atoms with van der Waals surface area (Å²) < 4.78 is 43.1. The second kappa shape index (κ2) is 6.01. The van der Waals surface area contributed by atoms with Crippen molar-refractivity contribution in [1.29, 1.82) is 0 Å². The molecule has 1 aromatic rings. The molecule has 3 nitrogen and oxygen atoms in total. The maximum atomic E-state index is 12.5. The molecule has 7 heteroatoms. The number of pyridine rings is 1. The molecule has 1 unspecified atom stereocenters. The lowest BCUT2D eigenvalue weighted by Crippen LogP contribution is -2.24. The molecular formula is C13H14ClF3N2O. The van der Waals surface area contributed by atoms with E-state index >= 15 is 0 Å². The van der Waals surface area contributed by atoms with Gasteiger partial charge in [-0.05, 0) is 12.5 Å². The number of aromatic nitrogens is 1. The first kappa shape index (κ1) is 15.1. The van der Waals surface area contributed by atoms with Gasteiger partial charge in [0.25, 0.3) is 0 Å². The molecule has 1 fully saturated rings. The third kappa shape index (κ3) is 3.43. The Morgan fingerprint density at radius 3 is 2.90 bits per heavy atom. The monoisotopic (exact) mass is 306 g/mol. The molecule has 0 amide bonds. The summed E-state index contributed by atoms with van der Waals surface area (Å²) in [5, 5.41) is 0.00388. The van der Waals surface area contributed by atoms with E-state index in [2.05, 4.69) is 11.6 Å². The van der Waals surface area contributed by atoms with Crippen molar-refractivity contribution in [2.75, 3.05) is 24.6 Å². The van der Waals surface area contributed by atoms with Crippen LogP contribution >= 0.6 is 11.6 Å². The molecule has 20 heavy (non-hydrogen) atoms. The third-order valence-corrected chi connectivity index (χ3v) is 3.32. The number of halogens is 4. The van der Waals surface area contributed by atoms with Crippen molar-refractivity contribution in [3.63, 3.8) is 0 Å². The van der Waals surface area contributed by atoms with Crippen LogP contribution in [0.5, 0.6) is 0 Å². The Hall–Kier alpha value is -1.27. The van der Waals surface area contributed by atoms with Crippen molar-refractivity contribution in [3.8, 4) is 0 Å². The summed E-state index contributed by atoms with van der Waals surface area (Å²) in [4.78, 5) is 5.67. The van der Waals surface area contributed by atoms with Crippen molar-refractivity contribution in [2.24, 2.45) is 0 Å². The lowest BCUT2D eigenvalue weighted by atomic mass is 10.2. The van der Waals surface area contributed by atoms with Crippen molar-refractivity contribution < 1.29 is 17.9 Å². The summed E-state index contributed by atoms with van der Waals surface area (Å²) in [6, 6.07) is 0.905. The molecule has 2 heterocycles. The Labute approximate surface area is 120 Å². The van der Waals surface area contributed by atoms with Gasteiger partial charge in [0.15, 0.2) is 0 Å². The van der Waals surface area contributed by atoms with Crippen molar-refractivity contribution >= 4 is 17.4 Å². The Morgan fingerprint density at radius 2 is 2.30 bits per heavy atom. The molecule has 1 saturated heterocycles. The minimum atomic E-state index is -4.43. The Bertz CT molecular complexity index is 493. The Kier molecular flexibility index (Phi) is 4.55. The molecular weight excluding hydrogens is 293 g/mol. The van der Waals surface area contributed by atoms with Crippen LogP contribution in [-0.2, 0) is 10.9 Å². The number of hydrogen-bond donors (Lipinski definition) is 0. The zero-order chi connectivity index (χ0) is 14.8. The fraction of sp³-hybridized carbons (Fsp3) is 0.462. The van der Waals surface area contributed by atoms with Crippen LogP contribution in [0.25, 0.3) is 0 Å². The minimum Gasteiger partial charge on any atom is -0.372 e. The zero-order valence-electron chi connectivity index (χ0n) is 10.7. The maximum Gasteiger partial charge on any atom is 0.417 e. The second-order valence-electron chi connectivity index (χ2n) is 4.51. The van der Waals surface area contributed by atoms with Gasteiger partial charge in [0, 0.05) is 19.3 Å². The van der Waals surface area contributed by atoms with Crippen LogP contribution in [-0.4, -0.2) is 30.8 Å². The van der Waals surface area contributed by atoms with Gasteiger partial charge in [-0.2, -0.15) is 13.2 Å². The summed E-state index contributed by atoms with van der Waals surface area (Å²) in [5.74, 6) is 0.365. The van der Waals surface area contributed by atoms with E-state index < -0.39 is 11.7 Å². The summed E-state index contributed by atoms with van der Waals surface area (Å²) in [7, 11) is 0. The normalized spacial score (nSPS) is 19.4. The topological polar surface area (TPSA) is 25.4 Å². The van der Waals surface area contributed by atoms with Gasteiger partial charge >= 0.3 is 6.18 Å². The van der Waals surface area contributed by atoms with Crippen LogP contribution in [0.2, 0.25) is 5.02 Å². The molecule has 0 spiro atoms. The predicted molar refractivity (Wildman–Crippen MR) is 71.0 cm³/mol. The van der Waals surface area contributed by atoms with E-state index in [9.17, 15) is 13.2 Å². The van der Waals surface area contributed by atoms with Crippen LogP contribution in [0, 0.1) is 0 Å². The average Bonchev–Trinajstić information content (AvgIpc) is 2.83. The number of ether oxygens (including phenoxy) is 1. The van der Waals surface area contributed by atoms with E-state index in [4.69, 9.17) is 16.3 Å². The van der Waals surface area contributed by atoms with E-state index in [-0.39, 0.29) is 11.1 Å². The van der Waals surface area contributed by atoms with E-state index in [1.165, 1.54) is 0 Å². The number of nitrogens with zero attached hydrogens (tertiary/aromatic N) is 2.